The largest absolute Gasteiger partial charge is 0.396 e. The lowest BCUT2D eigenvalue weighted by Crippen LogP contribution is -2.40. The third-order valence-corrected chi connectivity index (χ3v) is 5.21. The molecule has 0 spiro atoms. The molecule has 0 aliphatic rings. The molecule has 0 aromatic rings. The summed E-state index contributed by atoms with van der Waals surface area (Å²) in [6, 6.07) is 0. The van der Waals surface area contributed by atoms with Crippen molar-refractivity contribution in [2.75, 3.05) is 19.8 Å². The molecule has 3 N–H and O–H groups in total. The third kappa shape index (κ3) is 10.7. The summed E-state index contributed by atoms with van der Waals surface area (Å²) >= 11 is 0. The van der Waals surface area contributed by atoms with Gasteiger partial charge in [-0.2, -0.15) is 0 Å². The van der Waals surface area contributed by atoms with E-state index in [-0.39, 0.29) is 31.0 Å². The summed E-state index contributed by atoms with van der Waals surface area (Å²) < 4.78 is 6.72. The minimum Gasteiger partial charge on any atom is -0.396 e. The molecule has 30 heavy (non-hydrogen) atoms. The van der Waals surface area contributed by atoms with Gasteiger partial charge in [-0.3, -0.25) is 0 Å². The molecule has 176 valence electrons. The normalized spacial score (nSPS) is 13.7. The molecule has 0 bridgehead atoms. The Balaban J connectivity index is 0. The summed E-state index contributed by atoms with van der Waals surface area (Å²) in [6.07, 6.45) is 21.9. The first kappa shape index (κ1) is 31.0. The van der Waals surface area contributed by atoms with Gasteiger partial charge in [0.15, 0.2) is 0 Å². The molecule has 0 radical (unpaired) electrons. The van der Waals surface area contributed by atoms with Crippen molar-refractivity contribution >= 4 is 0 Å². The summed E-state index contributed by atoms with van der Waals surface area (Å²) in [4.78, 5) is 0. The van der Waals surface area contributed by atoms with E-state index in [0.717, 1.165) is 25.7 Å². The van der Waals surface area contributed by atoms with Crippen molar-refractivity contribution in [2.45, 2.75) is 91.8 Å². The molecule has 0 aliphatic heterocycles. The Hall–Kier alpha value is -1.20. The van der Waals surface area contributed by atoms with Crippen LogP contribution in [0.2, 0.25) is 0 Å². The highest BCUT2D eigenvalue weighted by molar-refractivity contribution is 5.21. The Bertz CT molecular complexity index is 436. The molecule has 0 aliphatic carbocycles. The quantitative estimate of drug-likeness (QED) is 0.311. The second kappa shape index (κ2) is 17.5. The second-order valence-electron chi connectivity index (χ2n) is 7.84. The Morgan fingerprint density at radius 3 is 1.03 bits per heavy atom. The van der Waals surface area contributed by atoms with Gasteiger partial charge in [0.1, 0.15) is 11.2 Å². The summed E-state index contributed by atoms with van der Waals surface area (Å²) in [6.45, 7) is 14.0. The van der Waals surface area contributed by atoms with E-state index in [0.29, 0.717) is 6.42 Å². The van der Waals surface area contributed by atoms with Gasteiger partial charge in [-0.1, -0.05) is 82.2 Å². The van der Waals surface area contributed by atoms with Crippen LogP contribution >= 0.6 is 0 Å². The number of aliphatic hydroxyl groups is 3. The standard InChI is InChI=1S/C20H34O.C6H14O3/c1-7-13-19(14-8-2,15-9-3)21-20(16-10-4,17-11-5)18-12-6;1-2-6(3-7,4-8)5-9/h7-8,10-11,13-14,16-17H,9,12,15,18H2,1-6H3;7-9H,2-5H2,1H3/b13-7-,14-8-,16-10-,17-11-;. The predicted molar refractivity (Wildman–Crippen MR) is 130 cm³/mol. The van der Waals surface area contributed by atoms with Crippen LogP contribution in [0.3, 0.4) is 0 Å². The first-order valence-electron chi connectivity index (χ1n) is 11.4. The molecule has 0 saturated carbocycles. The molecular formula is C26H48O4. The Kier molecular flexibility index (Phi) is 18.1. The minimum absolute atomic E-state index is 0.156. The zero-order chi connectivity index (χ0) is 23.5. The molecular weight excluding hydrogens is 376 g/mol. The van der Waals surface area contributed by atoms with E-state index in [1.54, 1.807) is 0 Å². The lowest BCUT2D eigenvalue weighted by molar-refractivity contribution is -0.0643. The highest BCUT2D eigenvalue weighted by Gasteiger charge is 2.34. The SMILES string of the molecule is C/C=C\C(/C=C\C)(CCC)OC(/C=C\C)(/C=C\C)CCC.CCC(CO)(CO)CO. The fraction of sp³-hybridized carbons (Fsp3) is 0.692. The van der Waals surface area contributed by atoms with Gasteiger partial charge in [0.05, 0.1) is 19.8 Å². The Morgan fingerprint density at radius 2 is 0.900 bits per heavy atom. The van der Waals surface area contributed by atoms with Crippen molar-refractivity contribution in [3.8, 4) is 0 Å². The van der Waals surface area contributed by atoms with Crippen LogP contribution in [0, 0.1) is 5.41 Å². The molecule has 4 nitrogen and oxygen atoms in total. The molecule has 0 rings (SSSR count). The fourth-order valence-electron chi connectivity index (χ4n) is 3.43. The van der Waals surface area contributed by atoms with Gasteiger partial charge in [0.2, 0.25) is 0 Å². The van der Waals surface area contributed by atoms with Gasteiger partial charge in [-0.25, -0.2) is 0 Å². The summed E-state index contributed by atoms with van der Waals surface area (Å²) in [5.41, 5.74) is -1.32. The van der Waals surface area contributed by atoms with Gasteiger partial charge in [0.25, 0.3) is 0 Å². The Labute approximate surface area is 186 Å². The third-order valence-electron chi connectivity index (χ3n) is 5.21. The lowest BCUT2D eigenvalue weighted by atomic mass is 9.88. The van der Waals surface area contributed by atoms with E-state index in [4.69, 9.17) is 20.1 Å². The summed E-state index contributed by atoms with van der Waals surface area (Å²) in [5, 5.41) is 26.0. The summed E-state index contributed by atoms with van der Waals surface area (Å²) in [7, 11) is 0. The van der Waals surface area contributed by atoms with Crippen LogP contribution in [0.25, 0.3) is 0 Å². The topological polar surface area (TPSA) is 69.9 Å². The highest BCUT2D eigenvalue weighted by Crippen LogP contribution is 2.33. The van der Waals surface area contributed by atoms with Gasteiger partial charge in [-0.15, -0.1) is 0 Å². The van der Waals surface area contributed by atoms with Gasteiger partial charge < -0.3 is 20.1 Å². The average Bonchev–Trinajstić information content (AvgIpc) is 2.72. The second-order valence-corrected chi connectivity index (χ2v) is 7.84. The van der Waals surface area contributed by atoms with Gasteiger partial charge >= 0.3 is 0 Å². The maximum absolute atomic E-state index is 8.66. The van der Waals surface area contributed by atoms with Crippen molar-refractivity contribution in [1.82, 2.24) is 0 Å². The summed E-state index contributed by atoms with van der Waals surface area (Å²) in [5.74, 6) is 0. The van der Waals surface area contributed by atoms with Crippen molar-refractivity contribution in [3.63, 3.8) is 0 Å². The van der Waals surface area contributed by atoms with Crippen molar-refractivity contribution < 1.29 is 20.1 Å². The van der Waals surface area contributed by atoms with Gasteiger partial charge in [-0.05, 0) is 47.0 Å². The van der Waals surface area contributed by atoms with E-state index in [1.165, 1.54) is 0 Å². The van der Waals surface area contributed by atoms with Crippen molar-refractivity contribution in [3.05, 3.63) is 48.6 Å². The first-order valence-corrected chi connectivity index (χ1v) is 11.4. The minimum atomic E-state index is -0.667. The molecule has 0 aromatic carbocycles. The van der Waals surface area contributed by atoms with Crippen LogP contribution in [0.5, 0.6) is 0 Å². The number of rotatable bonds is 14. The maximum atomic E-state index is 8.66. The van der Waals surface area contributed by atoms with E-state index in [2.05, 4.69) is 90.2 Å². The number of hydrogen-bond donors (Lipinski definition) is 3. The van der Waals surface area contributed by atoms with Crippen LogP contribution in [0.15, 0.2) is 48.6 Å². The first-order chi connectivity index (χ1) is 14.3. The highest BCUT2D eigenvalue weighted by atomic mass is 16.5. The predicted octanol–water partition coefficient (Wildman–Crippen LogP) is 5.74. The van der Waals surface area contributed by atoms with Crippen molar-refractivity contribution in [1.29, 1.82) is 0 Å². The van der Waals surface area contributed by atoms with Crippen LogP contribution in [0.1, 0.15) is 80.6 Å². The molecule has 0 aromatic heterocycles. The molecule has 0 saturated heterocycles. The van der Waals surface area contributed by atoms with Crippen LogP contribution in [0.4, 0.5) is 0 Å². The maximum Gasteiger partial charge on any atom is 0.106 e. The average molecular weight is 425 g/mol. The van der Waals surface area contributed by atoms with Crippen LogP contribution in [-0.2, 0) is 4.74 Å². The lowest BCUT2D eigenvalue weighted by Gasteiger charge is -2.39. The van der Waals surface area contributed by atoms with Crippen LogP contribution in [-0.4, -0.2) is 46.3 Å². The van der Waals surface area contributed by atoms with E-state index < -0.39 is 5.41 Å². The van der Waals surface area contributed by atoms with E-state index in [9.17, 15) is 0 Å². The zero-order valence-corrected chi connectivity index (χ0v) is 20.5. The fourth-order valence-corrected chi connectivity index (χ4v) is 3.43. The van der Waals surface area contributed by atoms with Gasteiger partial charge in [0, 0.05) is 5.41 Å². The molecule has 0 atom stereocenters. The molecule has 0 unspecified atom stereocenters. The van der Waals surface area contributed by atoms with Crippen LogP contribution < -0.4 is 0 Å². The number of hydrogen-bond acceptors (Lipinski definition) is 4. The number of allylic oxidation sites excluding steroid dienone is 4. The number of ether oxygens (including phenoxy) is 1. The van der Waals surface area contributed by atoms with Crippen molar-refractivity contribution in [2.24, 2.45) is 5.41 Å². The molecule has 4 heteroatoms. The number of aliphatic hydroxyl groups excluding tert-OH is 3. The molecule has 0 heterocycles. The molecule has 0 amide bonds. The van der Waals surface area contributed by atoms with E-state index in [1.807, 2.05) is 6.92 Å². The van der Waals surface area contributed by atoms with E-state index >= 15 is 0 Å². The molecule has 0 fully saturated rings. The Morgan fingerprint density at radius 1 is 0.600 bits per heavy atom. The monoisotopic (exact) mass is 424 g/mol. The smallest absolute Gasteiger partial charge is 0.106 e. The zero-order valence-electron chi connectivity index (χ0n) is 20.5.